The van der Waals surface area contributed by atoms with E-state index in [1.807, 2.05) is 6.92 Å². The van der Waals surface area contributed by atoms with Crippen LogP contribution in [0.25, 0.3) is 0 Å². The molecule has 0 heterocycles. The van der Waals surface area contributed by atoms with Gasteiger partial charge in [0.2, 0.25) is 0 Å². The van der Waals surface area contributed by atoms with Gasteiger partial charge in [-0.3, -0.25) is 0 Å². The van der Waals surface area contributed by atoms with Crippen molar-refractivity contribution in [2.75, 3.05) is 13.7 Å². The number of hydrogen-bond donors (Lipinski definition) is 2. The Balaban J connectivity index is 3.20. The first-order valence-corrected chi connectivity index (χ1v) is 4.68. The van der Waals surface area contributed by atoms with Gasteiger partial charge in [0, 0.05) is 5.02 Å². The fraction of sp³-hybridized carbons (Fsp3) is 0.400. The predicted molar refractivity (Wildman–Crippen MR) is 56.8 cm³/mol. The third-order valence-corrected chi connectivity index (χ3v) is 2.58. The highest BCUT2D eigenvalue weighted by atomic mass is 35.5. The van der Waals surface area contributed by atoms with Crippen LogP contribution in [-0.4, -0.2) is 18.8 Å². The summed E-state index contributed by atoms with van der Waals surface area (Å²) in [5.74, 6) is 0.652. The Labute approximate surface area is 88.4 Å². The lowest BCUT2D eigenvalue weighted by Gasteiger charge is -2.14. The number of benzene rings is 1. The molecular weight excluding hydrogens is 202 g/mol. The second-order valence-corrected chi connectivity index (χ2v) is 3.52. The molecule has 0 spiro atoms. The molecule has 3 nitrogen and oxygen atoms in total. The monoisotopic (exact) mass is 215 g/mol. The zero-order valence-corrected chi connectivity index (χ0v) is 9.01. The van der Waals surface area contributed by atoms with Crippen LogP contribution in [0.1, 0.15) is 17.2 Å². The number of aliphatic hydroxyl groups excluding tert-OH is 1. The second kappa shape index (κ2) is 4.64. The van der Waals surface area contributed by atoms with Crippen LogP contribution in [0.5, 0.6) is 5.75 Å². The van der Waals surface area contributed by atoms with E-state index in [0.717, 1.165) is 11.1 Å². The van der Waals surface area contributed by atoms with E-state index < -0.39 is 6.04 Å². The standard InChI is InChI=1S/C10H14ClNO2/c1-6-8(10(12)5-13)3-7(14-2)4-9(6)11/h3-4,10,13H,5,12H2,1-2H3. The van der Waals surface area contributed by atoms with Gasteiger partial charge in [-0.05, 0) is 30.2 Å². The molecule has 4 heteroatoms. The summed E-state index contributed by atoms with van der Waals surface area (Å²) in [6.45, 7) is 1.76. The molecule has 1 aromatic carbocycles. The van der Waals surface area contributed by atoms with Crippen molar-refractivity contribution >= 4 is 11.6 Å². The molecule has 1 rings (SSSR count). The summed E-state index contributed by atoms with van der Waals surface area (Å²) in [7, 11) is 1.56. The van der Waals surface area contributed by atoms with E-state index in [1.54, 1.807) is 19.2 Å². The maximum atomic E-state index is 8.96. The van der Waals surface area contributed by atoms with Gasteiger partial charge in [-0.2, -0.15) is 0 Å². The van der Waals surface area contributed by atoms with Gasteiger partial charge >= 0.3 is 0 Å². The average molecular weight is 216 g/mol. The molecule has 0 aliphatic carbocycles. The van der Waals surface area contributed by atoms with Crippen molar-refractivity contribution in [3.05, 3.63) is 28.3 Å². The predicted octanol–water partition coefficient (Wildman–Crippen LogP) is 1.65. The van der Waals surface area contributed by atoms with Crippen LogP contribution < -0.4 is 10.5 Å². The first kappa shape index (κ1) is 11.3. The van der Waals surface area contributed by atoms with Crippen molar-refractivity contribution in [1.29, 1.82) is 0 Å². The summed E-state index contributed by atoms with van der Waals surface area (Å²) in [6.07, 6.45) is 0. The SMILES string of the molecule is COc1cc(Cl)c(C)c(C(N)CO)c1. The Kier molecular flexibility index (Phi) is 3.75. The quantitative estimate of drug-likeness (QED) is 0.806. The Bertz CT molecular complexity index is 328. The minimum absolute atomic E-state index is 0.107. The van der Waals surface area contributed by atoms with Crippen molar-refractivity contribution in [1.82, 2.24) is 0 Å². The number of rotatable bonds is 3. The molecule has 0 aromatic heterocycles. The van der Waals surface area contributed by atoms with Gasteiger partial charge in [0.25, 0.3) is 0 Å². The maximum absolute atomic E-state index is 8.96. The fourth-order valence-electron chi connectivity index (χ4n) is 1.28. The molecule has 0 amide bonds. The van der Waals surface area contributed by atoms with Crippen molar-refractivity contribution in [2.24, 2.45) is 5.73 Å². The van der Waals surface area contributed by atoms with Gasteiger partial charge in [0.1, 0.15) is 5.75 Å². The molecule has 1 aromatic rings. The van der Waals surface area contributed by atoms with E-state index in [1.165, 1.54) is 0 Å². The van der Waals surface area contributed by atoms with E-state index in [4.69, 9.17) is 27.2 Å². The Morgan fingerprint density at radius 1 is 1.57 bits per heavy atom. The number of ether oxygens (including phenoxy) is 1. The molecule has 78 valence electrons. The van der Waals surface area contributed by atoms with E-state index in [2.05, 4.69) is 0 Å². The minimum Gasteiger partial charge on any atom is -0.497 e. The van der Waals surface area contributed by atoms with E-state index in [9.17, 15) is 0 Å². The summed E-state index contributed by atoms with van der Waals surface area (Å²) in [5.41, 5.74) is 7.42. The molecule has 1 unspecified atom stereocenters. The van der Waals surface area contributed by atoms with Crippen LogP contribution in [0.4, 0.5) is 0 Å². The first-order chi connectivity index (χ1) is 6.60. The highest BCUT2D eigenvalue weighted by Crippen LogP contribution is 2.28. The molecule has 0 saturated carbocycles. The Hall–Kier alpha value is -0.770. The molecule has 0 aliphatic heterocycles. The van der Waals surface area contributed by atoms with Crippen LogP contribution in [0.2, 0.25) is 5.02 Å². The van der Waals surface area contributed by atoms with Crippen LogP contribution in [-0.2, 0) is 0 Å². The van der Waals surface area contributed by atoms with Gasteiger partial charge in [-0.25, -0.2) is 0 Å². The largest absolute Gasteiger partial charge is 0.497 e. The van der Waals surface area contributed by atoms with E-state index in [0.29, 0.717) is 10.8 Å². The molecule has 1 atom stereocenters. The Morgan fingerprint density at radius 2 is 2.21 bits per heavy atom. The van der Waals surface area contributed by atoms with Crippen LogP contribution >= 0.6 is 11.6 Å². The molecule has 0 aliphatic rings. The van der Waals surface area contributed by atoms with Gasteiger partial charge in [0.05, 0.1) is 19.8 Å². The number of nitrogens with two attached hydrogens (primary N) is 1. The lowest BCUT2D eigenvalue weighted by atomic mass is 10.0. The molecule has 0 radical (unpaired) electrons. The molecule has 0 fully saturated rings. The molecule has 14 heavy (non-hydrogen) atoms. The van der Waals surface area contributed by atoms with Crippen molar-refractivity contribution in [3.8, 4) is 5.75 Å². The normalized spacial score (nSPS) is 12.6. The molecule has 0 bridgehead atoms. The van der Waals surface area contributed by atoms with Crippen molar-refractivity contribution in [3.63, 3.8) is 0 Å². The van der Waals surface area contributed by atoms with Gasteiger partial charge < -0.3 is 15.6 Å². The van der Waals surface area contributed by atoms with E-state index >= 15 is 0 Å². The van der Waals surface area contributed by atoms with Gasteiger partial charge in [-0.1, -0.05) is 11.6 Å². The fourth-order valence-corrected chi connectivity index (χ4v) is 1.49. The summed E-state index contributed by atoms with van der Waals surface area (Å²) in [6, 6.07) is 3.11. The first-order valence-electron chi connectivity index (χ1n) is 4.30. The zero-order chi connectivity index (χ0) is 10.7. The van der Waals surface area contributed by atoms with Gasteiger partial charge in [0.15, 0.2) is 0 Å². The third-order valence-electron chi connectivity index (χ3n) is 2.19. The summed E-state index contributed by atoms with van der Waals surface area (Å²) < 4.78 is 5.06. The third kappa shape index (κ3) is 2.18. The van der Waals surface area contributed by atoms with Crippen molar-refractivity contribution in [2.45, 2.75) is 13.0 Å². The summed E-state index contributed by atoms with van der Waals surface area (Å²) in [5, 5.41) is 9.56. The highest BCUT2D eigenvalue weighted by molar-refractivity contribution is 6.31. The lowest BCUT2D eigenvalue weighted by Crippen LogP contribution is -2.16. The van der Waals surface area contributed by atoms with Crippen molar-refractivity contribution < 1.29 is 9.84 Å². The second-order valence-electron chi connectivity index (χ2n) is 3.11. The average Bonchev–Trinajstić information content (AvgIpc) is 2.20. The number of halogens is 1. The minimum atomic E-state index is -0.414. The van der Waals surface area contributed by atoms with Gasteiger partial charge in [-0.15, -0.1) is 0 Å². The highest BCUT2D eigenvalue weighted by Gasteiger charge is 2.12. The lowest BCUT2D eigenvalue weighted by molar-refractivity contribution is 0.267. The number of methoxy groups -OCH3 is 1. The van der Waals surface area contributed by atoms with Crippen LogP contribution in [0, 0.1) is 6.92 Å². The maximum Gasteiger partial charge on any atom is 0.120 e. The Morgan fingerprint density at radius 3 is 2.71 bits per heavy atom. The smallest absolute Gasteiger partial charge is 0.120 e. The molecule has 0 saturated heterocycles. The zero-order valence-electron chi connectivity index (χ0n) is 8.25. The topological polar surface area (TPSA) is 55.5 Å². The van der Waals surface area contributed by atoms with Crippen LogP contribution in [0.15, 0.2) is 12.1 Å². The number of hydrogen-bond acceptors (Lipinski definition) is 3. The molecular formula is C10H14ClNO2. The molecule has 3 N–H and O–H groups in total. The summed E-state index contributed by atoms with van der Waals surface area (Å²) in [4.78, 5) is 0. The number of aliphatic hydroxyl groups is 1. The van der Waals surface area contributed by atoms with E-state index in [-0.39, 0.29) is 6.61 Å². The van der Waals surface area contributed by atoms with Crippen LogP contribution in [0.3, 0.4) is 0 Å². The summed E-state index contributed by atoms with van der Waals surface area (Å²) >= 11 is 5.98.